The molecule has 0 radical (unpaired) electrons. The maximum Gasteiger partial charge on any atom is 0.125 e. The van der Waals surface area contributed by atoms with E-state index in [0.29, 0.717) is 5.75 Å². The van der Waals surface area contributed by atoms with Crippen molar-refractivity contribution in [2.75, 3.05) is 13.6 Å². The largest absolute Gasteiger partial charge is 0.507 e. The summed E-state index contributed by atoms with van der Waals surface area (Å²) < 4.78 is 0. The van der Waals surface area contributed by atoms with Crippen molar-refractivity contribution in [3.8, 4) is 5.75 Å². The Bertz CT molecular complexity index is 516. The van der Waals surface area contributed by atoms with Gasteiger partial charge in [0.1, 0.15) is 5.75 Å². The molecule has 1 aliphatic rings. The number of rotatable bonds is 0. The van der Waals surface area contributed by atoms with Crippen LogP contribution in [0.15, 0.2) is 18.2 Å². The molecule has 78 valence electrons. The van der Waals surface area contributed by atoms with E-state index in [9.17, 15) is 5.11 Å². The molecule has 1 aromatic heterocycles. The number of phenols is 1. The van der Waals surface area contributed by atoms with E-state index in [1.807, 2.05) is 12.1 Å². The van der Waals surface area contributed by atoms with Crippen LogP contribution < -0.4 is 0 Å². The maximum absolute atomic E-state index is 9.85. The molecule has 0 unspecified atom stereocenters. The molecule has 0 atom stereocenters. The molecule has 0 saturated heterocycles. The average molecular weight is 202 g/mol. The summed E-state index contributed by atoms with van der Waals surface area (Å²) in [6, 6.07) is 5.66. The van der Waals surface area contributed by atoms with Crippen LogP contribution in [0.3, 0.4) is 0 Å². The second-order valence-corrected chi connectivity index (χ2v) is 4.27. The molecule has 1 aliphatic heterocycles. The monoisotopic (exact) mass is 202 g/mol. The summed E-state index contributed by atoms with van der Waals surface area (Å²) >= 11 is 0. The first-order chi connectivity index (χ1) is 7.25. The lowest BCUT2D eigenvalue weighted by atomic mass is 10.0. The molecule has 0 bridgehead atoms. The van der Waals surface area contributed by atoms with E-state index in [1.54, 1.807) is 6.07 Å². The van der Waals surface area contributed by atoms with Crippen LogP contribution in [0.4, 0.5) is 0 Å². The Morgan fingerprint density at radius 3 is 3.13 bits per heavy atom. The molecule has 0 aliphatic carbocycles. The lowest BCUT2D eigenvalue weighted by molar-refractivity contribution is 0.310. The number of hydrogen-bond acceptors (Lipinski definition) is 2. The van der Waals surface area contributed by atoms with Crippen LogP contribution in [0.5, 0.6) is 5.75 Å². The minimum absolute atomic E-state index is 0.398. The zero-order valence-corrected chi connectivity index (χ0v) is 8.75. The topological polar surface area (TPSA) is 39.3 Å². The van der Waals surface area contributed by atoms with Gasteiger partial charge in [-0.2, -0.15) is 0 Å². The van der Waals surface area contributed by atoms with Crippen LogP contribution in [0.25, 0.3) is 10.9 Å². The van der Waals surface area contributed by atoms with Gasteiger partial charge in [-0.15, -0.1) is 0 Å². The van der Waals surface area contributed by atoms with Gasteiger partial charge in [-0.05, 0) is 31.2 Å². The Morgan fingerprint density at radius 1 is 1.40 bits per heavy atom. The van der Waals surface area contributed by atoms with Crippen LogP contribution in [0.1, 0.15) is 11.3 Å². The highest BCUT2D eigenvalue weighted by Crippen LogP contribution is 2.32. The van der Waals surface area contributed by atoms with Crippen molar-refractivity contribution in [2.24, 2.45) is 0 Å². The number of aromatic hydroxyl groups is 1. The van der Waals surface area contributed by atoms with E-state index < -0.39 is 0 Å². The number of benzene rings is 1. The molecule has 3 heteroatoms. The summed E-state index contributed by atoms with van der Waals surface area (Å²) in [6.45, 7) is 2.01. The van der Waals surface area contributed by atoms with Gasteiger partial charge in [-0.25, -0.2) is 0 Å². The number of aromatic amines is 1. The molecule has 2 aromatic rings. The molecule has 1 aromatic carbocycles. The number of nitrogens with zero attached hydrogens (tertiary/aromatic N) is 1. The number of phenolic OH excluding ortho intramolecular Hbond substituents is 1. The lowest BCUT2D eigenvalue weighted by Crippen LogP contribution is -2.26. The molecule has 3 nitrogen and oxygen atoms in total. The molecule has 2 heterocycles. The van der Waals surface area contributed by atoms with Gasteiger partial charge in [0.15, 0.2) is 0 Å². The second-order valence-electron chi connectivity index (χ2n) is 4.27. The second kappa shape index (κ2) is 3.00. The molecule has 3 rings (SSSR count). The van der Waals surface area contributed by atoms with Gasteiger partial charge in [-0.3, -0.25) is 0 Å². The predicted octanol–water partition coefficient (Wildman–Crippen LogP) is 1.86. The zero-order valence-electron chi connectivity index (χ0n) is 8.75. The third-order valence-electron chi connectivity index (χ3n) is 3.17. The number of fused-ring (bicyclic) bond motifs is 3. The first kappa shape index (κ1) is 8.80. The van der Waals surface area contributed by atoms with Gasteiger partial charge < -0.3 is 15.0 Å². The standard InChI is InChI=1S/C12H14N2O/c1-14-6-5-8-10(7-14)13-9-3-2-4-11(15)12(8)9/h2-4,13,15H,5-7H2,1H3. The summed E-state index contributed by atoms with van der Waals surface area (Å²) in [7, 11) is 2.12. The Kier molecular flexibility index (Phi) is 1.76. The van der Waals surface area contributed by atoms with Crippen molar-refractivity contribution < 1.29 is 5.11 Å². The molecule has 0 saturated carbocycles. The van der Waals surface area contributed by atoms with Gasteiger partial charge in [0.05, 0.1) is 0 Å². The molecular weight excluding hydrogens is 188 g/mol. The summed E-state index contributed by atoms with van der Waals surface area (Å²) in [5, 5.41) is 10.9. The summed E-state index contributed by atoms with van der Waals surface area (Å²) in [5.74, 6) is 0.398. The molecule has 0 fully saturated rings. The van der Waals surface area contributed by atoms with Crippen LogP contribution in [-0.4, -0.2) is 28.6 Å². The SMILES string of the molecule is CN1CCc2c([nH]c3cccc(O)c23)C1. The molecular formula is C12H14N2O. The number of nitrogens with one attached hydrogen (secondary N) is 1. The number of H-pyrrole nitrogens is 1. The highest BCUT2D eigenvalue weighted by Gasteiger charge is 2.19. The predicted molar refractivity (Wildman–Crippen MR) is 60.0 cm³/mol. The first-order valence-corrected chi connectivity index (χ1v) is 5.25. The number of hydrogen-bond donors (Lipinski definition) is 2. The number of likely N-dealkylation sites (N-methyl/N-ethyl adjacent to an activating group) is 1. The van der Waals surface area contributed by atoms with E-state index in [2.05, 4.69) is 16.9 Å². The van der Waals surface area contributed by atoms with Crippen LogP contribution in [0, 0.1) is 0 Å². The van der Waals surface area contributed by atoms with E-state index in [0.717, 1.165) is 30.4 Å². The van der Waals surface area contributed by atoms with Crippen molar-refractivity contribution in [1.82, 2.24) is 9.88 Å². The Hall–Kier alpha value is -1.48. The maximum atomic E-state index is 9.85. The summed E-state index contributed by atoms with van der Waals surface area (Å²) in [6.07, 6.45) is 1.02. The van der Waals surface area contributed by atoms with Crippen molar-refractivity contribution in [1.29, 1.82) is 0 Å². The van der Waals surface area contributed by atoms with E-state index >= 15 is 0 Å². The highest BCUT2D eigenvalue weighted by atomic mass is 16.3. The van der Waals surface area contributed by atoms with Crippen LogP contribution in [-0.2, 0) is 13.0 Å². The van der Waals surface area contributed by atoms with Gasteiger partial charge in [0, 0.05) is 29.7 Å². The van der Waals surface area contributed by atoms with Gasteiger partial charge in [0.2, 0.25) is 0 Å². The smallest absolute Gasteiger partial charge is 0.125 e. The highest BCUT2D eigenvalue weighted by molar-refractivity contribution is 5.90. The fraction of sp³-hybridized carbons (Fsp3) is 0.333. The van der Waals surface area contributed by atoms with Crippen LogP contribution in [0.2, 0.25) is 0 Å². The fourth-order valence-electron chi connectivity index (χ4n) is 2.41. The van der Waals surface area contributed by atoms with E-state index in [1.165, 1.54) is 11.3 Å². The minimum atomic E-state index is 0.398. The lowest BCUT2D eigenvalue weighted by Gasteiger charge is -2.22. The zero-order chi connectivity index (χ0) is 10.4. The van der Waals surface area contributed by atoms with E-state index in [-0.39, 0.29) is 0 Å². The van der Waals surface area contributed by atoms with E-state index in [4.69, 9.17) is 0 Å². The third kappa shape index (κ3) is 1.23. The number of aromatic nitrogens is 1. The van der Waals surface area contributed by atoms with Crippen LogP contribution >= 0.6 is 0 Å². The molecule has 2 N–H and O–H groups in total. The van der Waals surface area contributed by atoms with Gasteiger partial charge in [-0.1, -0.05) is 6.07 Å². The molecule has 0 amide bonds. The van der Waals surface area contributed by atoms with Gasteiger partial charge in [0.25, 0.3) is 0 Å². The fourth-order valence-corrected chi connectivity index (χ4v) is 2.41. The molecule has 15 heavy (non-hydrogen) atoms. The normalized spacial score (nSPS) is 16.9. The molecule has 0 spiro atoms. The van der Waals surface area contributed by atoms with Gasteiger partial charge >= 0.3 is 0 Å². The summed E-state index contributed by atoms with van der Waals surface area (Å²) in [5.41, 5.74) is 3.59. The summed E-state index contributed by atoms with van der Waals surface area (Å²) in [4.78, 5) is 5.67. The quantitative estimate of drug-likeness (QED) is 0.684. The third-order valence-corrected chi connectivity index (χ3v) is 3.17. The Morgan fingerprint density at radius 2 is 2.27 bits per heavy atom. The van der Waals surface area contributed by atoms with Crippen molar-refractivity contribution >= 4 is 10.9 Å². The van der Waals surface area contributed by atoms with Crippen molar-refractivity contribution in [3.05, 3.63) is 29.5 Å². The van der Waals surface area contributed by atoms with Crippen molar-refractivity contribution in [2.45, 2.75) is 13.0 Å². The Balaban J connectivity index is 2.29. The van der Waals surface area contributed by atoms with Crippen molar-refractivity contribution in [3.63, 3.8) is 0 Å². The first-order valence-electron chi connectivity index (χ1n) is 5.25. The minimum Gasteiger partial charge on any atom is -0.507 e. The average Bonchev–Trinajstić information content (AvgIpc) is 2.56. The Labute approximate surface area is 88.3 Å².